The number of carbonyl (C=O) groups excluding carboxylic acids is 1. The maximum absolute atomic E-state index is 12.0. The molecule has 0 unspecified atom stereocenters. The lowest BCUT2D eigenvalue weighted by Gasteiger charge is -2.10. The molecule has 7 nitrogen and oxygen atoms in total. The second-order valence-corrected chi connectivity index (χ2v) is 6.26. The molecule has 0 spiro atoms. The zero-order chi connectivity index (χ0) is 16.2. The van der Waals surface area contributed by atoms with Crippen molar-refractivity contribution in [3.63, 3.8) is 0 Å². The molecule has 0 radical (unpaired) electrons. The monoisotopic (exact) mass is 334 g/mol. The molecule has 1 aliphatic heterocycles. The first-order chi connectivity index (χ1) is 11.2. The van der Waals surface area contributed by atoms with Crippen molar-refractivity contribution in [2.75, 3.05) is 19.0 Å². The van der Waals surface area contributed by atoms with Gasteiger partial charge >= 0.3 is 6.03 Å². The summed E-state index contributed by atoms with van der Waals surface area (Å²) in [5, 5.41) is 6.36. The fraction of sp³-hybridized carbons (Fsp3) is 0.400. The van der Waals surface area contributed by atoms with E-state index in [1.165, 1.54) is 7.11 Å². The number of pyridine rings is 1. The number of urea groups is 1. The van der Waals surface area contributed by atoms with Gasteiger partial charge in [0.05, 0.1) is 37.4 Å². The van der Waals surface area contributed by atoms with E-state index >= 15 is 0 Å². The summed E-state index contributed by atoms with van der Waals surface area (Å²) in [6.07, 6.45) is 0.836. The van der Waals surface area contributed by atoms with Gasteiger partial charge in [0.25, 0.3) is 0 Å². The van der Waals surface area contributed by atoms with Gasteiger partial charge in [-0.1, -0.05) is 0 Å². The van der Waals surface area contributed by atoms with Crippen molar-refractivity contribution >= 4 is 23.2 Å². The maximum Gasteiger partial charge on any atom is 0.320 e. The molecular weight excluding hydrogens is 316 g/mol. The number of thiazole rings is 1. The highest BCUT2D eigenvalue weighted by Crippen LogP contribution is 2.24. The van der Waals surface area contributed by atoms with Crippen LogP contribution < -0.4 is 15.4 Å². The van der Waals surface area contributed by atoms with Gasteiger partial charge in [-0.05, 0) is 19.1 Å². The molecule has 8 heteroatoms. The largest absolute Gasteiger partial charge is 0.493 e. The maximum atomic E-state index is 12.0. The smallest absolute Gasteiger partial charge is 0.320 e. The Labute approximate surface area is 138 Å². The Morgan fingerprint density at radius 1 is 1.43 bits per heavy atom. The SMILES string of the molecule is COc1ccc(C)nc1NC(=O)NCc1nc2c(s1)COCC2. The van der Waals surface area contributed by atoms with Gasteiger partial charge in [-0.2, -0.15) is 0 Å². The van der Waals surface area contributed by atoms with E-state index < -0.39 is 0 Å². The van der Waals surface area contributed by atoms with Crippen LogP contribution in [-0.2, 0) is 24.3 Å². The predicted molar refractivity (Wildman–Crippen MR) is 86.9 cm³/mol. The standard InChI is InChI=1S/C15H18N4O3S/c1-9-3-4-11(21-2)14(17-9)19-15(20)16-7-13-18-10-5-6-22-8-12(10)23-13/h3-4H,5-8H2,1-2H3,(H2,16,17,19,20). The molecule has 2 aromatic heterocycles. The number of aryl methyl sites for hydroxylation is 1. The van der Waals surface area contributed by atoms with Gasteiger partial charge in [0, 0.05) is 12.1 Å². The summed E-state index contributed by atoms with van der Waals surface area (Å²) in [5.74, 6) is 0.921. The van der Waals surface area contributed by atoms with E-state index in [9.17, 15) is 4.79 Å². The van der Waals surface area contributed by atoms with Crippen molar-refractivity contribution < 1.29 is 14.3 Å². The van der Waals surface area contributed by atoms with Crippen LogP contribution in [0.4, 0.5) is 10.6 Å². The number of aromatic nitrogens is 2. The fourth-order valence-electron chi connectivity index (χ4n) is 2.26. The summed E-state index contributed by atoms with van der Waals surface area (Å²) < 4.78 is 10.6. The molecule has 23 heavy (non-hydrogen) atoms. The van der Waals surface area contributed by atoms with Crippen LogP contribution >= 0.6 is 11.3 Å². The summed E-state index contributed by atoms with van der Waals surface area (Å²) in [5.41, 5.74) is 1.88. The third-order valence-corrected chi connectivity index (χ3v) is 4.46. The first-order valence-electron chi connectivity index (χ1n) is 7.27. The molecule has 0 atom stereocenters. The zero-order valence-electron chi connectivity index (χ0n) is 13.0. The van der Waals surface area contributed by atoms with Crippen LogP contribution in [0.5, 0.6) is 5.75 Å². The Bertz CT molecular complexity index is 693. The Kier molecular flexibility index (Phi) is 4.73. The second-order valence-electron chi connectivity index (χ2n) is 5.09. The van der Waals surface area contributed by atoms with Crippen LogP contribution in [0.15, 0.2) is 12.1 Å². The summed E-state index contributed by atoms with van der Waals surface area (Å²) in [6, 6.07) is 3.25. The van der Waals surface area contributed by atoms with Gasteiger partial charge in [-0.15, -0.1) is 11.3 Å². The number of amides is 2. The van der Waals surface area contributed by atoms with Crippen molar-refractivity contribution in [1.29, 1.82) is 0 Å². The molecule has 0 aromatic carbocycles. The molecule has 2 amide bonds. The number of hydrogen-bond acceptors (Lipinski definition) is 6. The summed E-state index contributed by atoms with van der Waals surface area (Å²) >= 11 is 1.57. The van der Waals surface area contributed by atoms with Crippen LogP contribution in [0.2, 0.25) is 0 Å². The number of carbonyl (C=O) groups is 1. The highest BCUT2D eigenvalue weighted by molar-refractivity contribution is 7.11. The molecule has 1 aliphatic rings. The highest BCUT2D eigenvalue weighted by Gasteiger charge is 2.16. The molecule has 2 aromatic rings. The number of nitrogens with one attached hydrogen (secondary N) is 2. The molecule has 0 saturated carbocycles. The van der Waals surface area contributed by atoms with Crippen LogP contribution in [0.25, 0.3) is 0 Å². The molecule has 3 rings (SSSR count). The molecule has 0 saturated heterocycles. The lowest BCUT2D eigenvalue weighted by Crippen LogP contribution is -2.28. The van der Waals surface area contributed by atoms with Crippen molar-refractivity contribution in [3.8, 4) is 5.75 Å². The van der Waals surface area contributed by atoms with Crippen molar-refractivity contribution in [1.82, 2.24) is 15.3 Å². The van der Waals surface area contributed by atoms with Gasteiger partial charge in [-0.25, -0.2) is 14.8 Å². The number of nitrogens with zero attached hydrogens (tertiary/aromatic N) is 2. The molecule has 0 aliphatic carbocycles. The average molecular weight is 334 g/mol. The van der Waals surface area contributed by atoms with E-state index in [1.807, 2.05) is 13.0 Å². The predicted octanol–water partition coefficient (Wildman–Crippen LogP) is 2.25. The van der Waals surface area contributed by atoms with Crippen molar-refractivity contribution in [2.45, 2.75) is 26.5 Å². The Balaban J connectivity index is 1.59. The first-order valence-corrected chi connectivity index (χ1v) is 8.09. The topological polar surface area (TPSA) is 85.4 Å². The number of ether oxygens (including phenoxy) is 2. The summed E-state index contributed by atoms with van der Waals surface area (Å²) in [7, 11) is 1.54. The van der Waals surface area contributed by atoms with E-state index in [0.29, 0.717) is 31.3 Å². The van der Waals surface area contributed by atoms with Crippen LogP contribution in [0, 0.1) is 6.92 Å². The number of hydrogen-bond donors (Lipinski definition) is 2. The third kappa shape index (κ3) is 3.77. The minimum absolute atomic E-state index is 0.342. The minimum Gasteiger partial charge on any atom is -0.493 e. The average Bonchev–Trinajstić information content (AvgIpc) is 2.96. The Hall–Kier alpha value is -2.19. The lowest BCUT2D eigenvalue weighted by atomic mass is 10.2. The first kappa shape index (κ1) is 15.7. The Morgan fingerprint density at radius 2 is 2.30 bits per heavy atom. The molecule has 122 valence electrons. The van der Waals surface area contributed by atoms with Crippen LogP contribution in [0.3, 0.4) is 0 Å². The van der Waals surface area contributed by atoms with E-state index in [4.69, 9.17) is 9.47 Å². The van der Waals surface area contributed by atoms with Crippen molar-refractivity contribution in [3.05, 3.63) is 33.4 Å². The number of methoxy groups -OCH3 is 1. The number of anilines is 1. The van der Waals surface area contributed by atoms with E-state index in [2.05, 4.69) is 20.6 Å². The molecule has 2 N–H and O–H groups in total. The van der Waals surface area contributed by atoms with E-state index in [0.717, 1.165) is 27.7 Å². The summed E-state index contributed by atoms with van der Waals surface area (Å²) in [6.45, 7) is 3.55. The van der Waals surface area contributed by atoms with Crippen LogP contribution in [0.1, 0.15) is 21.3 Å². The van der Waals surface area contributed by atoms with Gasteiger partial charge in [-0.3, -0.25) is 5.32 Å². The number of fused-ring (bicyclic) bond motifs is 1. The Morgan fingerprint density at radius 3 is 3.09 bits per heavy atom. The second kappa shape index (κ2) is 6.93. The van der Waals surface area contributed by atoms with Gasteiger partial charge < -0.3 is 14.8 Å². The molecule has 0 fully saturated rings. The van der Waals surface area contributed by atoms with E-state index in [-0.39, 0.29) is 6.03 Å². The van der Waals surface area contributed by atoms with Gasteiger partial charge in [0.1, 0.15) is 5.01 Å². The lowest BCUT2D eigenvalue weighted by molar-refractivity contribution is 0.112. The molecule has 3 heterocycles. The zero-order valence-corrected chi connectivity index (χ0v) is 13.8. The van der Waals surface area contributed by atoms with E-state index in [1.54, 1.807) is 17.4 Å². The fourth-order valence-corrected chi connectivity index (χ4v) is 3.25. The third-order valence-electron chi connectivity index (χ3n) is 3.39. The highest BCUT2D eigenvalue weighted by atomic mass is 32.1. The van der Waals surface area contributed by atoms with Gasteiger partial charge in [0.15, 0.2) is 11.6 Å². The van der Waals surface area contributed by atoms with Crippen molar-refractivity contribution in [2.24, 2.45) is 0 Å². The number of rotatable bonds is 4. The molecule has 0 bridgehead atoms. The van der Waals surface area contributed by atoms with Crippen LogP contribution in [-0.4, -0.2) is 29.7 Å². The normalized spacial score (nSPS) is 13.3. The van der Waals surface area contributed by atoms with Gasteiger partial charge in [0.2, 0.25) is 0 Å². The quantitative estimate of drug-likeness (QED) is 0.896. The molecular formula is C15H18N4O3S. The summed E-state index contributed by atoms with van der Waals surface area (Å²) in [4.78, 5) is 22.0. The minimum atomic E-state index is -0.342.